The van der Waals surface area contributed by atoms with Gasteiger partial charge in [0, 0.05) is 32.0 Å². The topological polar surface area (TPSA) is 25.8 Å². The predicted octanol–water partition coefficient (Wildman–Crippen LogP) is 11.0. The van der Waals surface area contributed by atoms with Crippen molar-refractivity contribution in [1.29, 1.82) is 0 Å². The summed E-state index contributed by atoms with van der Waals surface area (Å²) in [7, 11) is 0. The van der Waals surface area contributed by atoms with Crippen LogP contribution in [0.3, 0.4) is 0 Å². The predicted molar refractivity (Wildman–Crippen MR) is 188 cm³/mol. The molecule has 45 heavy (non-hydrogen) atoms. The van der Waals surface area contributed by atoms with E-state index in [1.54, 1.807) is 0 Å². The van der Waals surface area contributed by atoms with Gasteiger partial charge in [-0.25, -0.2) is 0 Å². The Kier molecular flexibility index (Phi) is 11.5. The fourth-order valence-corrected chi connectivity index (χ4v) is 6.13. The molecule has 6 rings (SSSR count). The summed E-state index contributed by atoms with van der Waals surface area (Å²) >= 11 is 0. The SMILES string of the molecule is CC(C)Cc1[c-]c(-c2nccc3c2ccc2ccccc23)cc(CC(C)C)c1.Cc1[c-]c(-c2cc(C)cc(C)n2)cc(C)c1.[Ir]. The monoisotopic (exact) mass is 769 g/mol. The summed E-state index contributed by atoms with van der Waals surface area (Å²) in [6.07, 6.45) is 4.07. The van der Waals surface area contributed by atoms with E-state index >= 15 is 0 Å². The van der Waals surface area contributed by atoms with Crippen molar-refractivity contribution in [2.75, 3.05) is 0 Å². The first-order valence-corrected chi connectivity index (χ1v) is 15.8. The minimum Gasteiger partial charge on any atom is -0.304 e. The van der Waals surface area contributed by atoms with Crippen LogP contribution in [0.4, 0.5) is 0 Å². The number of aromatic nitrogens is 2. The second-order valence-corrected chi connectivity index (χ2v) is 13.1. The number of benzene rings is 4. The van der Waals surface area contributed by atoms with Crippen molar-refractivity contribution >= 4 is 21.5 Å². The maximum Gasteiger partial charge on any atom is 0.0268 e. The summed E-state index contributed by atoms with van der Waals surface area (Å²) < 4.78 is 0. The Morgan fingerprint density at radius 2 is 1.38 bits per heavy atom. The second kappa shape index (κ2) is 15.1. The third-order valence-electron chi connectivity index (χ3n) is 7.70. The van der Waals surface area contributed by atoms with Crippen LogP contribution in [0.5, 0.6) is 0 Å². The Hall–Kier alpha value is -3.65. The van der Waals surface area contributed by atoms with Crippen molar-refractivity contribution in [3.05, 3.63) is 131 Å². The van der Waals surface area contributed by atoms with Crippen LogP contribution in [0.25, 0.3) is 44.1 Å². The summed E-state index contributed by atoms with van der Waals surface area (Å²) in [5.74, 6) is 1.24. The molecular formula is C42H44IrN2-2. The van der Waals surface area contributed by atoms with Gasteiger partial charge in [-0.05, 0) is 83.6 Å². The van der Waals surface area contributed by atoms with E-state index in [2.05, 4.69) is 144 Å². The molecule has 0 N–H and O–H groups in total. The summed E-state index contributed by atoms with van der Waals surface area (Å²) in [5, 5.41) is 5.01. The zero-order valence-electron chi connectivity index (χ0n) is 27.9. The van der Waals surface area contributed by atoms with Gasteiger partial charge in [0.1, 0.15) is 0 Å². The molecule has 233 valence electrons. The van der Waals surface area contributed by atoms with Gasteiger partial charge in [0.25, 0.3) is 0 Å². The standard InChI is InChI=1S/C27H28N.C15H16N.Ir/c1-18(2)13-20-15-21(14-19(3)4)17-23(16-20)27-26-10-9-22-7-5-6-8-24(22)25(26)11-12-28-27;1-10-5-11(2)8-14(7-10)15-9-12(3)6-13(4)16-15;/h5-12,15-16,18-19H,13-14H2,1-4H3;5-7,9H,1-4H3;/q2*-1;. The number of pyridine rings is 2. The first-order valence-electron chi connectivity index (χ1n) is 15.8. The van der Waals surface area contributed by atoms with Crippen LogP contribution in [0.2, 0.25) is 0 Å². The van der Waals surface area contributed by atoms with Crippen LogP contribution in [0.15, 0.2) is 85.1 Å². The van der Waals surface area contributed by atoms with Gasteiger partial charge >= 0.3 is 0 Å². The van der Waals surface area contributed by atoms with E-state index in [1.165, 1.54) is 43.8 Å². The van der Waals surface area contributed by atoms with E-state index in [0.29, 0.717) is 11.8 Å². The normalized spacial score (nSPS) is 11.1. The Labute approximate surface area is 283 Å². The number of aryl methyl sites for hydroxylation is 4. The number of fused-ring (bicyclic) bond motifs is 3. The number of hydrogen-bond donors (Lipinski definition) is 0. The molecule has 4 aromatic carbocycles. The molecule has 0 bridgehead atoms. The molecule has 0 unspecified atom stereocenters. The van der Waals surface area contributed by atoms with Crippen LogP contribution < -0.4 is 0 Å². The quantitative estimate of drug-likeness (QED) is 0.125. The molecule has 0 aliphatic carbocycles. The number of rotatable bonds is 6. The van der Waals surface area contributed by atoms with Crippen molar-refractivity contribution in [2.45, 2.75) is 68.2 Å². The van der Waals surface area contributed by atoms with Crippen molar-refractivity contribution in [3.63, 3.8) is 0 Å². The van der Waals surface area contributed by atoms with Gasteiger partial charge in [-0.3, -0.25) is 0 Å². The van der Waals surface area contributed by atoms with Crippen molar-refractivity contribution < 1.29 is 20.1 Å². The Morgan fingerprint density at radius 1 is 0.644 bits per heavy atom. The first-order chi connectivity index (χ1) is 21.0. The molecule has 0 saturated carbocycles. The van der Waals surface area contributed by atoms with E-state index in [1.807, 2.05) is 13.1 Å². The van der Waals surface area contributed by atoms with Crippen LogP contribution in [0, 0.1) is 51.7 Å². The Morgan fingerprint density at radius 3 is 2.09 bits per heavy atom. The smallest absolute Gasteiger partial charge is 0.0268 e. The molecule has 3 heteroatoms. The largest absolute Gasteiger partial charge is 0.304 e. The average Bonchev–Trinajstić information content (AvgIpc) is 2.95. The van der Waals surface area contributed by atoms with E-state index in [0.717, 1.165) is 46.6 Å². The van der Waals surface area contributed by atoms with Crippen LogP contribution in [-0.4, -0.2) is 9.97 Å². The maximum atomic E-state index is 4.79. The molecule has 2 aromatic heterocycles. The third kappa shape index (κ3) is 8.75. The molecule has 0 fully saturated rings. The molecule has 0 aliphatic heterocycles. The summed E-state index contributed by atoms with van der Waals surface area (Å²) in [6.45, 7) is 17.4. The molecule has 0 atom stereocenters. The van der Waals surface area contributed by atoms with Gasteiger partial charge < -0.3 is 9.97 Å². The van der Waals surface area contributed by atoms with Crippen LogP contribution >= 0.6 is 0 Å². The van der Waals surface area contributed by atoms with Crippen LogP contribution in [0.1, 0.15) is 61.2 Å². The Balaban J connectivity index is 0.000000231. The molecule has 0 amide bonds. The zero-order chi connectivity index (χ0) is 31.4. The second-order valence-electron chi connectivity index (χ2n) is 13.1. The average molecular weight is 769 g/mol. The molecule has 0 aliphatic rings. The van der Waals surface area contributed by atoms with E-state index in [4.69, 9.17) is 4.98 Å². The maximum absolute atomic E-state index is 4.79. The summed E-state index contributed by atoms with van der Waals surface area (Å²) in [5.41, 5.74) is 11.7. The van der Waals surface area contributed by atoms with E-state index < -0.39 is 0 Å². The molecule has 1 radical (unpaired) electrons. The van der Waals surface area contributed by atoms with Gasteiger partial charge in [0.2, 0.25) is 0 Å². The van der Waals surface area contributed by atoms with Gasteiger partial charge in [0.05, 0.1) is 0 Å². The third-order valence-corrected chi connectivity index (χ3v) is 7.70. The van der Waals surface area contributed by atoms with E-state index in [9.17, 15) is 0 Å². The summed E-state index contributed by atoms with van der Waals surface area (Å²) in [6, 6.07) is 35.3. The first kappa shape index (κ1) is 34.2. The van der Waals surface area contributed by atoms with E-state index in [-0.39, 0.29) is 20.1 Å². The van der Waals surface area contributed by atoms with Crippen molar-refractivity contribution in [3.8, 4) is 22.5 Å². The minimum atomic E-state index is 0. The molecule has 2 heterocycles. The molecule has 2 nitrogen and oxygen atoms in total. The van der Waals surface area contributed by atoms with Gasteiger partial charge in [-0.2, -0.15) is 0 Å². The fourth-order valence-electron chi connectivity index (χ4n) is 6.13. The number of nitrogens with zero attached hydrogens (tertiary/aromatic N) is 2. The van der Waals surface area contributed by atoms with Crippen LogP contribution in [-0.2, 0) is 32.9 Å². The molecule has 0 saturated heterocycles. The number of hydrogen-bond acceptors (Lipinski definition) is 2. The fraction of sp³-hybridized carbons (Fsp3) is 0.286. The molecular weight excluding hydrogens is 725 g/mol. The molecule has 6 aromatic rings. The minimum absolute atomic E-state index is 0. The summed E-state index contributed by atoms with van der Waals surface area (Å²) in [4.78, 5) is 9.35. The Bertz CT molecular complexity index is 1800. The van der Waals surface area contributed by atoms with Gasteiger partial charge in [0.15, 0.2) is 0 Å². The van der Waals surface area contributed by atoms with Crippen molar-refractivity contribution in [2.24, 2.45) is 11.8 Å². The zero-order valence-corrected chi connectivity index (χ0v) is 30.3. The van der Waals surface area contributed by atoms with Gasteiger partial charge in [-0.1, -0.05) is 89.6 Å². The van der Waals surface area contributed by atoms with Crippen molar-refractivity contribution in [1.82, 2.24) is 9.97 Å². The molecule has 0 spiro atoms. The van der Waals surface area contributed by atoms with Gasteiger partial charge in [-0.15, -0.1) is 69.8 Å².